The van der Waals surface area contributed by atoms with Gasteiger partial charge in [0.25, 0.3) is 5.56 Å². The third kappa shape index (κ3) is 4.00. The molecule has 21 heavy (non-hydrogen) atoms. The van der Waals surface area contributed by atoms with Gasteiger partial charge in [0.15, 0.2) is 0 Å². The van der Waals surface area contributed by atoms with E-state index in [0.717, 1.165) is 12.8 Å². The first-order valence-corrected chi connectivity index (χ1v) is 7.22. The van der Waals surface area contributed by atoms with Crippen molar-refractivity contribution in [1.29, 1.82) is 0 Å². The molecule has 0 aromatic carbocycles. The Labute approximate surface area is 124 Å². The molecule has 1 amide bonds. The Balaban J connectivity index is 1.97. The molecular weight excluding hydrogens is 270 g/mol. The number of amides is 1. The van der Waals surface area contributed by atoms with Crippen LogP contribution in [0.15, 0.2) is 23.1 Å². The van der Waals surface area contributed by atoms with Gasteiger partial charge in [-0.25, -0.2) is 4.79 Å². The van der Waals surface area contributed by atoms with Gasteiger partial charge in [-0.1, -0.05) is 0 Å². The minimum absolute atomic E-state index is 0.0919. The highest BCUT2D eigenvalue weighted by Gasteiger charge is 2.27. The number of rotatable bonds is 1. The molecule has 2 heterocycles. The molecule has 116 valence electrons. The Bertz CT molecular complexity index is 566. The standard InChI is InChI=1S/C15H23N3O3/c1-15(2,3)21-14(20)17-7-5-12(6-8-17)18-9-4-11(16)10-13(18)19/h4,9-10,12H,5-8,16H2,1-3H3. The molecule has 0 aliphatic carbocycles. The fourth-order valence-electron chi connectivity index (χ4n) is 2.46. The molecule has 1 aromatic heterocycles. The van der Waals surface area contributed by atoms with E-state index in [2.05, 4.69) is 0 Å². The van der Waals surface area contributed by atoms with Gasteiger partial charge in [0.1, 0.15) is 5.60 Å². The summed E-state index contributed by atoms with van der Waals surface area (Å²) in [4.78, 5) is 25.6. The van der Waals surface area contributed by atoms with Crippen LogP contribution in [0.5, 0.6) is 0 Å². The summed E-state index contributed by atoms with van der Waals surface area (Å²) in [5, 5.41) is 0. The second-order valence-corrected chi connectivity index (χ2v) is 6.40. The number of carbonyl (C=O) groups is 1. The Morgan fingerprint density at radius 3 is 2.48 bits per heavy atom. The molecule has 0 saturated carbocycles. The van der Waals surface area contributed by atoms with Crippen molar-refractivity contribution in [3.05, 3.63) is 28.7 Å². The van der Waals surface area contributed by atoms with Crippen LogP contribution in [-0.4, -0.2) is 34.3 Å². The van der Waals surface area contributed by atoms with Gasteiger partial charge in [0, 0.05) is 37.1 Å². The quantitative estimate of drug-likeness (QED) is 0.859. The highest BCUT2D eigenvalue weighted by atomic mass is 16.6. The van der Waals surface area contributed by atoms with Gasteiger partial charge in [0.05, 0.1) is 0 Å². The number of ether oxygens (including phenoxy) is 1. The van der Waals surface area contributed by atoms with Crippen LogP contribution in [0, 0.1) is 0 Å². The van der Waals surface area contributed by atoms with Crippen molar-refractivity contribution in [2.24, 2.45) is 0 Å². The average Bonchev–Trinajstić information content (AvgIpc) is 2.37. The highest BCUT2D eigenvalue weighted by Crippen LogP contribution is 2.22. The monoisotopic (exact) mass is 293 g/mol. The topological polar surface area (TPSA) is 77.6 Å². The van der Waals surface area contributed by atoms with Crippen molar-refractivity contribution in [3.63, 3.8) is 0 Å². The van der Waals surface area contributed by atoms with Gasteiger partial charge in [0.2, 0.25) is 0 Å². The van der Waals surface area contributed by atoms with E-state index < -0.39 is 5.60 Å². The number of nitrogens with two attached hydrogens (primary N) is 1. The van der Waals surface area contributed by atoms with E-state index in [1.807, 2.05) is 20.8 Å². The zero-order valence-electron chi connectivity index (χ0n) is 12.8. The number of likely N-dealkylation sites (tertiary alicyclic amines) is 1. The van der Waals surface area contributed by atoms with Gasteiger partial charge in [-0.05, 0) is 39.7 Å². The number of hydrogen-bond donors (Lipinski definition) is 1. The Hall–Kier alpha value is -1.98. The summed E-state index contributed by atoms with van der Waals surface area (Å²) in [7, 11) is 0. The number of piperidine rings is 1. The summed E-state index contributed by atoms with van der Waals surface area (Å²) in [6.45, 7) is 6.75. The maximum absolute atomic E-state index is 12.0. The minimum Gasteiger partial charge on any atom is -0.444 e. The molecule has 0 spiro atoms. The molecule has 2 N–H and O–H groups in total. The Kier molecular flexibility index (Phi) is 4.25. The van der Waals surface area contributed by atoms with E-state index in [9.17, 15) is 9.59 Å². The molecule has 1 saturated heterocycles. The number of pyridine rings is 1. The predicted molar refractivity (Wildman–Crippen MR) is 81.2 cm³/mol. The van der Waals surface area contributed by atoms with Crippen molar-refractivity contribution in [2.75, 3.05) is 18.8 Å². The summed E-state index contributed by atoms with van der Waals surface area (Å²) in [5.74, 6) is 0. The van der Waals surface area contributed by atoms with Crippen LogP contribution in [0.1, 0.15) is 39.7 Å². The maximum atomic E-state index is 12.0. The Morgan fingerprint density at radius 2 is 1.95 bits per heavy atom. The molecule has 0 radical (unpaired) electrons. The molecule has 6 heteroatoms. The summed E-state index contributed by atoms with van der Waals surface area (Å²) in [6, 6.07) is 3.26. The van der Waals surface area contributed by atoms with E-state index in [0.29, 0.717) is 18.8 Å². The Morgan fingerprint density at radius 1 is 1.33 bits per heavy atom. The maximum Gasteiger partial charge on any atom is 0.410 e. The third-order valence-electron chi connectivity index (χ3n) is 3.48. The minimum atomic E-state index is -0.484. The van der Waals surface area contributed by atoms with Crippen molar-refractivity contribution < 1.29 is 9.53 Å². The molecule has 1 fully saturated rings. The lowest BCUT2D eigenvalue weighted by Crippen LogP contribution is -2.43. The molecule has 0 unspecified atom stereocenters. The van der Waals surface area contributed by atoms with Crippen LogP contribution in [0.3, 0.4) is 0 Å². The number of carbonyl (C=O) groups excluding carboxylic acids is 1. The van der Waals surface area contributed by atoms with Crippen LogP contribution < -0.4 is 11.3 Å². The summed E-state index contributed by atoms with van der Waals surface area (Å²) >= 11 is 0. The first kappa shape index (κ1) is 15.4. The van der Waals surface area contributed by atoms with Gasteiger partial charge in [-0.2, -0.15) is 0 Å². The van der Waals surface area contributed by atoms with Gasteiger partial charge < -0.3 is 19.9 Å². The number of hydrogen-bond acceptors (Lipinski definition) is 4. The van der Waals surface area contributed by atoms with Crippen LogP contribution in [0.2, 0.25) is 0 Å². The van der Waals surface area contributed by atoms with E-state index in [1.165, 1.54) is 6.07 Å². The first-order chi connectivity index (χ1) is 9.76. The number of nitrogen functional groups attached to an aromatic ring is 1. The normalized spacial score (nSPS) is 16.8. The van der Waals surface area contributed by atoms with Gasteiger partial charge in [-0.15, -0.1) is 0 Å². The zero-order chi connectivity index (χ0) is 15.6. The van der Waals surface area contributed by atoms with Gasteiger partial charge >= 0.3 is 6.09 Å². The largest absolute Gasteiger partial charge is 0.444 e. The van der Waals surface area contributed by atoms with Crippen LogP contribution in [0.25, 0.3) is 0 Å². The van der Waals surface area contributed by atoms with Crippen molar-refractivity contribution >= 4 is 11.8 Å². The van der Waals surface area contributed by atoms with E-state index >= 15 is 0 Å². The summed E-state index contributed by atoms with van der Waals surface area (Å²) < 4.78 is 7.06. The lowest BCUT2D eigenvalue weighted by molar-refractivity contribution is 0.0187. The molecule has 0 atom stereocenters. The second kappa shape index (κ2) is 5.79. The van der Waals surface area contributed by atoms with E-state index in [1.54, 1.807) is 21.7 Å². The number of nitrogens with zero attached hydrogens (tertiary/aromatic N) is 2. The van der Waals surface area contributed by atoms with Crippen LogP contribution in [-0.2, 0) is 4.74 Å². The fraction of sp³-hybridized carbons (Fsp3) is 0.600. The van der Waals surface area contributed by atoms with Crippen LogP contribution >= 0.6 is 0 Å². The van der Waals surface area contributed by atoms with Crippen molar-refractivity contribution in [3.8, 4) is 0 Å². The highest BCUT2D eigenvalue weighted by molar-refractivity contribution is 5.68. The van der Waals surface area contributed by atoms with Crippen LogP contribution in [0.4, 0.5) is 10.5 Å². The summed E-state index contributed by atoms with van der Waals surface area (Å²) in [6.07, 6.45) is 2.92. The molecule has 1 aliphatic heterocycles. The fourth-order valence-corrected chi connectivity index (χ4v) is 2.46. The molecule has 1 aromatic rings. The lowest BCUT2D eigenvalue weighted by atomic mass is 10.0. The van der Waals surface area contributed by atoms with Gasteiger partial charge in [-0.3, -0.25) is 4.79 Å². The predicted octanol–water partition coefficient (Wildman–Crippen LogP) is 2.00. The molecule has 2 rings (SSSR count). The molecule has 0 bridgehead atoms. The first-order valence-electron chi connectivity index (χ1n) is 7.22. The molecule has 1 aliphatic rings. The average molecular weight is 293 g/mol. The number of anilines is 1. The molecular formula is C15H23N3O3. The molecule has 6 nitrogen and oxygen atoms in total. The van der Waals surface area contributed by atoms with Crippen molar-refractivity contribution in [2.45, 2.75) is 45.3 Å². The van der Waals surface area contributed by atoms with E-state index in [4.69, 9.17) is 10.5 Å². The van der Waals surface area contributed by atoms with Crippen molar-refractivity contribution in [1.82, 2.24) is 9.47 Å². The second-order valence-electron chi connectivity index (χ2n) is 6.40. The smallest absolute Gasteiger partial charge is 0.410 e. The summed E-state index contributed by atoms with van der Waals surface area (Å²) in [5.41, 5.74) is 5.49. The SMILES string of the molecule is CC(C)(C)OC(=O)N1CCC(n2ccc(N)cc2=O)CC1. The zero-order valence-corrected chi connectivity index (χ0v) is 12.8. The lowest BCUT2D eigenvalue weighted by Gasteiger charge is -2.34. The van der Waals surface area contributed by atoms with E-state index in [-0.39, 0.29) is 17.7 Å². The third-order valence-corrected chi connectivity index (χ3v) is 3.48. The number of aromatic nitrogens is 1.